The number of nitrogens with zero attached hydrogens (tertiary/aromatic N) is 3. The van der Waals surface area contributed by atoms with Crippen molar-refractivity contribution in [3.05, 3.63) is 24.2 Å². The minimum atomic E-state index is -0.443. The molecule has 7 nitrogen and oxygen atoms in total. The average Bonchev–Trinajstić information content (AvgIpc) is 3.02. The second kappa shape index (κ2) is 7.51. The Balaban J connectivity index is 1.53. The lowest BCUT2D eigenvalue weighted by atomic mass is 10.2. The van der Waals surface area contributed by atoms with Crippen LogP contribution in [0, 0.1) is 0 Å². The van der Waals surface area contributed by atoms with E-state index in [2.05, 4.69) is 0 Å². The molecule has 7 heteroatoms. The normalized spacial score (nSPS) is 19.1. The standard InChI is InChI=1S/C17H23N3O4/c21-15(14-6-5-13-24-14)19-9-11-20(12-10-19)17(23)16(22)18-7-3-1-2-4-8-18/h5-6,13H,1-4,7-12H2. The Morgan fingerprint density at radius 2 is 1.29 bits per heavy atom. The average molecular weight is 333 g/mol. The summed E-state index contributed by atoms with van der Waals surface area (Å²) >= 11 is 0. The molecule has 0 N–H and O–H groups in total. The van der Waals surface area contributed by atoms with Crippen LogP contribution in [0.4, 0.5) is 0 Å². The first-order valence-electron chi connectivity index (χ1n) is 8.58. The maximum Gasteiger partial charge on any atom is 0.312 e. The van der Waals surface area contributed by atoms with E-state index < -0.39 is 11.8 Å². The third kappa shape index (κ3) is 3.60. The highest BCUT2D eigenvalue weighted by molar-refractivity contribution is 6.34. The van der Waals surface area contributed by atoms with Gasteiger partial charge in [-0.05, 0) is 25.0 Å². The van der Waals surface area contributed by atoms with E-state index in [9.17, 15) is 14.4 Å². The summed E-state index contributed by atoms with van der Waals surface area (Å²) in [5, 5.41) is 0. The van der Waals surface area contributed by atoms with E-state index in [1.807, 2.05) is 0 Å². The van der Waals surface area contributed by atoms with Gasteiger partial charge in [-0.15, -0.1) is 0 Å². The molecule has 3 amide bonds. The molecule has 0 atom stereocenters. The molecule has 2 saturated heterocycles. The van der Waals surface area contributed by atoms with Crippen LogP contribution >= 0.6 is 0 Å². The van der Waals surface area contributed by atoms with Gasteiger partial charge < -0.3 is 19.1 Å². The van der Waals surface area contributed by atoms with Crippen LogP contribution < -0.4 is 0 Å². The van der Waals surface area contributed by atoms with Gasteiger partial charge in [0.1, 0.15) is 0 Å². The topological polar surface area (TPSA) is 74.1 Å². The van der Waals surface area contributed by atoms with E-state index in [4.69, 9.17) is 4.42 Å². The maximum absolute atomic E-state index is 12.4. The second-order valence-electron chi connectivity index (χ2n) is 6.27. The van der Waals surface area contributed by atoms with Crippen molar-refractivity contribution in [2.75, 3.05) is 39.3 Å². The van der Waals surface area contributed by atoms with Gasteiger partial charge in [-0.2, -0.15) is 0 Å². The first kappa shape index (κ1) is 16.5. The molecule has 3 rings (SSSR count). The Kier molecular flexibility index (Phi) is 5.17. The van der Waals surface area contributed by atoms with E-state index >= 15 is 0 Å². The summed E-state index contributed by atoms with van der Waals surface area (Å²) in [5.41, 5.74) is 0. The minimum Gasteiger partial charge on any atom is -0.459 e. The molecule has 0 bridgehead atoms. The van der Waals surface area contributed by atoms with Crippen LogP contribution in [0.25, 0.3) is 0 Å². The van der Waals surface area contributed by atoms with Gasteiger partial charge in [-0.1, -0.05) is 12.8 Å². The molecular weight excluding hydrogens is 310 g/mol. The summed E-state index contributed by atoms with van der Waals surface area (Å²) in [6.45, 7) is 2.93. The highest BCUT2D eigenvalue weighted by Gasteiger charge is 2.31. The van der Waals surface area contributed by atoms with Crippen LogP contribution in [0.5, 0.6) is 0 Å². The fraction of sp³-hybridized carbons (Fsp3) is 0.588. The highest BCUT2D eigenvalue weighted by atomic mass is 16.3. The van der Waals surface area contributed by atoms with Gasteiger partial charge in [0, 0.05) is 39.3 Å². The molecule has 1 aromatic rings. The van der Waals surface area contributed by atoms with Crippen LogP contribution in [0.2, 0.25) is 0 Å². The van der Waals surface area contributed by atoms with Gasteiger partial charge in [0.05, 0.1) is 6.26 Å². The quantitative estimate of drug-likeness (QED) is 0.718. The van der Waals surface area contributed by atoms with Crippen molar-refractivity contribution < 1.29 is 18.8 Å². The molecule has 1 aromatic heterocycles. The van der Waals surface area contributed by atoms with Crippen LogP contribution in [0.15, 0.2) is 22.8 Å². The van der Waals surface area contributed by atoms with Crippen molar-refractivity contribution in [1.82, 2.24) is 14.7 Å². The minimum absolute atomic E-state index is 0.175. The zero-order valence-electron chi connectivity index (χ0n) is 13.8. The van der Waals surface area contributed by atoms with Gasteiger partial charge >= 0.3 is 11.8 Å². The molecule has 0 aromatic carbocycles. The van der Waals surface area contributed by atoms with Crippen molar-refractivity contribution in [2.45, 2.75) is 25.7 Å². The number of likely N-dealkylation sites (tertiary alicyclic amines) is 1. The third-order valence-corrected chi connectivity index (χ3v) is 4.66. The van der Waals surface area contributed by atoms with Crippen LogP contribution in [-0.2, 0) is 9.59 Å². The smallest absolute Gasteiger partial charge is 0.312 e. The van der Waals surface area contributed by atoms with E-state index in [1.165, 1.54) is 6.26 Å². The summed E-state index contributed by atoms with van der Waals surface area (Å²) in [6, 6.07) is 3.30. The molecule has 0 saturated carbocycles. The summed E-state index contributed by atoms with van der Waals surface area (Å²) in [5.74, 6) is -0.717. The predicted octanol–water partition coefficient (Wildman–Crippen LogP) is 0.967. The highest BCUT2D eigenvalue weighted by Crippen LogP contribution is 2.13. The van der Waals surface area contributed by atoms with E-state index in [1.54, 1.807) is 26.8 Å². The lowest BCUT2D eigenvalue weighted by Crippen LogP contribution is -2.54. The lowest BCUT2D eigenvalue weighted by molar-refractivity contribution is -0.152. The third-order valence-electron chi connectivity index (χ3n) is 4.66. The Hall–Kier alpha value is -2.31. The number of furan rings is 1. The van der Waals surface area contributed by atoms with Crippen LogP contribution in [0.1, 0.15) is 36.2 Å². The molecule has 0 aliphatic carbocycles. The van der Waals surface area contributed by atoms with Gasteiger partial charge in [0.2, 0.25) is 0 Å². The molecule has 3 heterocycles. The molecule has 2 fully saturated rings. The molecule has 24 heavy (non-hydrogen) atoms. The number of amides is 3. The van der Waals surface area contributed by atoms with Crippen LogP contribution in [0.3, 0.4) is 0 Å². The number of piperazine rings is 1. The fourth-order valence-electron chi connectivity index (χ4n) is 3.21. The molecule has 130 valence electrons. The number of rotatable bonds is 1. The Morgan fingerprint density at radius 1 is 0.750 bits per heavy atom. The molecule has 0 radical (unpaired) electrons. The van der Waals surface area contributed by atoms with E-state index in [0.29, 0.717) is 45.0 Å². The summed E-state index contributed by atoms with van der Waals surface area (Å²) < 4.78 is 5.12. The molecule has 0 spiro atoms. The van der Waals surface area contributed by atoms with Gasteiger partial charge in [-0.3, -0.25) is 14.4 Å². The van der Waals surface area contributed by atoms with Gasteiger partial charge in [-0.25, -0.2) is 0 Å². The first-order chi connectivity index (χ1) is 11.7. The van der Waals surface area contributed by atoms with Crippen molar-refractivity contribution in [3.8, 4) is 0 Å². The lowest BCUT2D eigenvalue weighted by Gasteiger charge is -2.34. The van der Waals surface area contributed by atoms with Crippen molar-refractivity contribution in [2.24, 2.45) is 0 Å². The van der Waals surface area contributed by atoms with Gasteiger partial charge in [0.15, 0.2) is 5.76 Å². The number of carbonyl (C=O) groups excluding carboxylic acids is 3. The van der Waals surface area contributed by atoms with Crippen LogP contribution in [-0.4, -0.2) is 71.7 Å². The number of hydrogen-bond donors (Lipinski definition) is 0. The monoisotopic (exact) mass is 333 g/mol. The Bertz CT molecular complexity index is 583. The van der Waals surface area contributed by atoms with Crippen molar-refractivity contribution in [3.63, 3.8) is 0 Å². The fourth-order valence-corrected chi connectivity index (χ4v) is 3.21. The summed E-state index contributed by atoms with van der Waals surface area (Å²) in [4.78, 5) is 41.9. The largest absolute Gasteiger partial charge is 0.459 e. The number of carbonyl (C=O) groups is 3. The zero-order chi connectivity index (χ0) is 16.9. The Labute approximate surface area is 141 Å². The van der Waals surface area contributed by atoms with Gasteiger partial charge in [0.25, 0.3) is 5.91 Å². The van der Waals surface area contributed by atoms with E-state index in [0.717, 1.165) is 25.7 Å². The summed E-state index contributed by atoms with van der Waals surface area (Å²) in [7, 11) is 0. The van der Waals surface area contributed by atoms with Crippen molar-refractivity contribution in [1.29, 1.82) is 0 Å². The predicted molar refractivity (Wildman–Crippen MR) is 86.2 cm³/mol. The zero-order valence-corrected chi connectivity index (χ0v) is 13.8. The van der Waals surface area contributed by atoms with E-state index in [-0.39, 0.29) is 5.91 Å². The van der Waals surface area contributed by atoms with Crippen molar-refractivity contribution >= 4 is 17.7 Å². The molecule has 2 aliphatic heterocycles. The molecular formula is C17H23N3O4. The Morgan fingerprint density at radius 3 is 1.83 bits per heavy atom. The number of hydrogen-bond acceptors (Lipinski definition) is 4. The summed E-state index contributed by atoms with van der Waals surface area (Å²) in [6.07, 6.45) is 5.62. The SMILES string of the molecule is O=C(C(=O)N1CCN(C(=O)c2ccco2)CC1)N1CCCCCC1. The molecule has 2 aliphatic rings. The second-order valence-corrected chi connectivity index (χ2v) is 6.27. The molecule has 0 unspecified atom stereocenters. The maximum atomic E-state index is 12.4. The first-order valence-corrected chi connectivity index (χ1v) is 8.58.